The van der Waals surface area contributed by atoms with Crippen molar-refractivity contribution in [3.63, 3.8) is 0 Å². The molecule has 2 aromatic carbocycles. The number of nitrogen functional groups attached to an aromatic ring is 1. The highest BCUT2D eigenvalue weighted by Gasteiger charge is 2.11. The molecular formula is C15H13ClN4S. The van der Waals surface area contributed by atoms with Gasteiger partial charge in [-0.1, -0.05) is 29.4 Å². The van der Waals surface area contributed by atoms with Crippen molar-refractivity contribution >= 4 is 40.2 Å². The molecule has 0 unspecified atom stereocenters. The molecule has 0 aliphatic rings. The van der Waals surface area contributed by atoms with Crippen molar-refractivity contribution in [3.05, 3.63) is 52.5 Å². The van der Waals surface area contributed by atoms with E-state index in [1.54, 1.807) is 12.1 Å². The Kier molecular flexibility index (Phi) is 3.61. The molecule has 0 bridgehead atoms. The number of nitrogens with two attached hydrogens (primary N) is 1. The average molecular weight is 317 g/mol. The molecule has 1 heterocycles. The van der Waals surface area contributed by atoms with Crippen LogP contribution in [-0.4, -0.2) is 15.8 Å². The summed E-state index contributed by atoms with van der Waals surface area (Å²) in [7, 11) is 0. The average Bonchev–Trinajstić information content (AvgIpc) is 2.82. The fraction of sp³-hybridized carbons (Fsp3) is 0.0667. The summed E-state index contributed by atoms with van der Waals surface area (Å²) in [6.45, 7) is 2.04. The van der Waals surface area contributed by atoms with Crippen LogP contribution >= 0.6 is 23.4 Å². The van der Waals surface area contributed by atoms with Crippen LogP contribution < -0.4 is 5.73 Å². The highest BCUT2D eigenvalue weighted by molar-refractivity contribution is 7.99. The Morgan fingerprint density at radius 2 is 2.10 bits per heavy atom. The number of nitrogens with zero attached hydrogens (tertiary/aromatic N) is 1. The number of imidazole rings is 1. The van der Waals surface area contributed by atoms with Gasteiger partial charge >= 0.3 is 0 Å². The van der Waals surface area contributed by atoms with Crippen molar-refractivity contribution in [3.8, 4) is 0 Å². The number of aryl methyl sites for hydroxylation is 1. The third-order valence-electron chi connectivity index (χ3n) is 3.05. The predicted octanol–water partition coefficient (Wildman–Crippen LogP) is 3.96. The van der Waals surface area contributed by atoms with Gasteiger partial charge in [0.2, 0.25) is 0 Å². The van der Waals surface area contributed by atoms with Gasteiger partial charge in [0.1, 0.15) is 5.84 Å². The second-order valence-electron chi connectivity index (χ2n) is 4.72. The molecule has 0 aliphatic heterocycles. The molecule has 0 saturated carbocycles. The van der Waals surface area contributed by atoms with Gasteiger partial charge in [-0.25, -0.2) is 4.98 Å². The summed E-state index contributed by atoms with van der Waals surface area (Å²) in [6.07, 6.45) is 0. The van der Waals surface area contributed by atoms with E-state index in [1.165, 1.54) is 17.3 Å². The zero-order valence-corrected chi connectivity index (χ0v) is 12.8. The van der Waals surface area contributed by atoms with E-state index in [0.717, 1.165) is 21.1 Å². The van der Waals surface area contributed by atoms with E-state index in [-0.39, 0.29) is 5.84 Å². The number of halogens is 1. The Bertz CT molecular complexity index is 841. The normalized spacial score (nSPS) is 11.0. The minimum absolute atomic E-state index is 0.00745. The van der Waals surface area contributed by atoms with Crippen LogP contribution in [0.2, 0.25) is 5.02 Å². The Labute approximate surface area is 131 Å². The van der Waals surface area contributed by atoms with Crippen LogP contribution in [0.15, 0.2) is 46.5 Å². The SMILES string of the molecule is Cc1ccc2nc(Sc3ccc(Cl)cc3C(=N)N)[nH]c2c1. The Hall–Kier alpha value is -1.98. The van der Waals surface area contributed by atoms with E-state index in [1.807, 2.05) is 25.1 Å². The van der Waals surface area contributed by atoms with Crippen LogP contribution in [0.1, 0.15) is 11.1 Å². The number of hydrogen-bond donors (Lipinski definition) is 3. The van der Waals surface area contributed by atoms with Crippen LogP contribution in [0.5, 0.6) is 0 Å². The molecule has 0 atom stereocenters. The largest absolute Gasteiger partial charge is 0.384 e. The summed E-state index contributed by atoms with van der Waals surface area (Å²) in [4.78, 5) is 8.66. The lowest BCUT2D eigenvalue weighted by molar-refractivity contribution is 1.08. The molecular weight excluding hydrogens is 304 g/mol. The van der Waals surface area contributed by atoms with E-state index in [0.29, 0.717) is 10.6 Å². The number of hydrogen-bond acceptors (Lipinski definition) is 3. The third-order valence-corrected chi connectivity index (χ3v) is 4.25. The summed E-state index contributed by atoms with van der Waals surface area (Å²) in [6, 6.07) is 11.4. The molecule has 0 fully saturated rings. The van der Waals surface area contributed by atoms with Gasteiger partial charge in [0, 0.05) is 15.5 Å². The molecule has 0 aliphatic carbocycles. The Balaban J connectivity index is 2.00. The van der Waals surface area contributed by atoms with Gasteiger partial charge in [0.15, 0.2) is 5.16 Å². The number of amidine groups is 1. The topological polar surface area (TPSA) is 78.6 Å². The highest BCUT2D eigenvalue weighted by Crippen LogP contribution is 2.31. The molecule has 0 spiro atoms. The van der Waals surface area contributed by atoms with Gasteiger partial charge in [0.25, 0.3) is 0 Å². The van der Waals surface area contributed by atoms with Crippen LogP contribution in [0.25, 0.3) is 11.0 Å². The molecule has 6 heteroatoms. The number of rotatable bonds is 3. The Morgan fingerprint density at radius 3 is 2.86 bits per heavy atom. The Morgan fingerprint density at radius 1 is 1.29 bits per heavy atom. The smallest absolute Gasteiger partial charge is 0.171 e. The van der Waals surface area contributed by atoms with Crippen molar-refractivity contribution in [1.29, 1.82) is 5.41 Å². The van der Waals surface area contributed by atoms with Crippen molar-refractivity contribution < 1.29 is 0 Å². The first-order chi connectivity index (χ1) is 10.0. The van der Waals surface area contributed by atoms with Gasteiger partial charge in [-0.15, -0.1) is 0 Å². The first-order valence-electron chi connectivity index (χ1n) is 6.31. The summed E-state index contributed by atoms with van der Waals surface area (Å²) >= 11 is 7.40. The fourth-order valence-electron chi connectivity index (χ4n) is 2.05. The van der Waals surface area contributed by atoms with Gasteiger partial charge in [-0.05, 0) is 42.8 Å². The maximum Gasteiger partial charge on any atom is 0.171 e. The van der Waals surface area contributed by atoms with Crippen LogP contribution in [0.4, 0.5) is 0 Å². The lowest BCUT2D eigenvalue weighted by atomic mass is 10.2. The molecule has 0 saturated heterocycles. The number of H-pyrrole nitrogens is 1. The van der Waals surface area contributed by atoms with Gasteiger partial charge < -0.3 is 10.7 Å². The monoisotopic (exact) mass is 316 g/mol. The minimum Gasteiger partial charge on any atom is -0.384 e. The van der Waals surface area contributed by atoms with E-state index >= 15 is 0 Å². The second kappa shape index (κ2) is 5.42. The number of aromatic amines is 1. The predicted molar refractivity (Wildman–Crippen MR) is 87.4 cm³/mol. The summed E-state index contributed by atoms with van der Waals surface area (Å²) in [5, 5.41) is 8.97. The minimum atomic E-state index is -0.00745. The molecule has 106 valence electrons. The molecule has 0 radical (unpaired) electrons. The summed E-state index contributed by atoms with van der Waals surface area (Å²) in [5.74, 6) is -0.00745. The number of fused-ring (bicyclic) bond motifs is 1. The molecule has 3 rings (SSSR count). The van der Waals surface area contributed by atoms with Crippen molar-refractivity contribution in [2.75, 3.05) is 0 Å². The quantitative estimate of drug-likeness (QED) is 0.505. The molecule has 0 amide bonds. The van der Waals surface area contributed by atoms with Gasteiger partial charge in [-0.2, -0.15) is 0 Å². The number of nitrogens with one attached hydrogen (secondary N) is 2. The number of benzene rings is 2. The zero-order chi connectivity index (χ0) is 15.0. The first-order valence-corrected chi connectivity index (χ1v) is 7.50. The van der Waals surface area contributed by atoms with E-state index in [2.05, 4.69) is 16.0 Å². The highest BCUT2D eigenvalue weighted by atomic mass is 35.5. The number of aromatic nitrogens is 2. The third kappa shape index (κ3) is 2.89. The van der Waals surface area contributed by atoms with Crippen molar-refractivity contribution in [2.24, 2.45) is 5.73 Å². The van der Waals surface area contributed by atoms with Crippen LogP contribution in [0.3, 0.4) is 0 Å². The maximum atomic E-state index is 7.65. The van der Waals surface area contributed by atoms with Crippen molar-refractivity contribution in [2.45, 2.75) is 17.0 Å². The maximum absolute atomic E-state index is 7.65. The van der Waals surface area contributed by atoms with E-state index in [9.17, 15) is 0 Å². The lowest BCUT2D eigenvalue weighted by Crippen LogP contribution is -2.12. The molecule has 4 nitrogen and oxygen atoms in total. The lowest BCUT2D eigenvalue weighted by Gasteiger charge is -2.06. The van der Waals surface area contributed by atoms with Crippen molar-refractivity contribution in [1.82, 2.24) is 9.97 Å². The molecule has 3 aromatic rings. The van der Waals surface area contributed by atoms with Gasteiger partial charge in [-0.3, -0.25) is 5.41 Å². The molecule has 21 heavy (non-hydrogen) atoms. The molecule has 1 aromatic heterocycles. The van der Waals surface area contributed by atoms with Crippen LogP contribution in [-0.2, 0) is 0 Å². The van der Waals surface area contributed by atoms with Crippen LogP contribution in [0, 0.1) is 12.3 Å². The zero-order valence-electron chi connectivity index (χ0n) is 11.3. The fourth-order valence-corrected chi connectivity index (χ4v) is 3.15. The van der Waals surface area contributed by atoms with E-state index < -0.39 is 0 Å². The summed E-state index contributed by atoms with van der Waals surface area (Å²) < 4.78 is 0. The molecule has 4 N–H and O–H groups in total. The second-order valence-corrected chi connectivity index (χ2v) is 6.19. The standard InChI is InChI=1S/C15H13ClN4S/c1-8-2-4-11-12(6-8)20-15(19-11)21-13-5-3-9(16)7-10(13)14(17)18/h2-7H,1H3,(H3,17,18)(H,19,20). The first kappa shape index (κ1) is 14.0. The summed E-state index contributed by atoms with van der Waals surface area (Å²) in [5.41, 5.74) is 9.32. The van der Waals surface area contributed by atoms with Gasteiger partial charge in [0.05, 0.1) is 11.0 Å². The van der Waals surface area contributed by atoms with E-state index in [4.69, 9.17) is 22.7 Å².